The van der Waals surface area contributed by atoms with Crippen LogP contribution in [0.15, 0.2) is 0 Å². The van der Waals surface area contributed by atoms with Crippen molar-refractivity contribution in [3.63, 3.8) is 0 Å². The number of aliphatic carboxylic acids is 1. The maximum atomic E-state index is 11.7. The maximum absolute atomic E-state index is 11.7. The molecule has 124 valence electrons. The molecular formula is C16H32N2O3. The highest BCUT2D eigenvalue weighted by Crippen LogP contribution is 2.23. The molecule has 1 atom stereocenters. The lowest BCUT2D eigenvalue weighted by atomic mass is 9.89. The van der Waals surface area contributed by atoms with Gasteiger partial charge < -0.3 is 15.2 Å². The van der Waals surface area contributed by atoms with Crippen LogP contribution in [0, 0.1) is 0 Å². The number of nitrogens with one attached hydrogen (secondary N) is 1. The standard InChI is InChI=1S/C16H32N2O3/c1-5-9-17-16(6-2,14(19)20)8-7-10-18-11-12-21-13-15(18,3)4/h17H,5-13H2,1-4H3,(H,19,20). The SMILES string of the molecule is CCCNC(CC)(CCCN1CCOCC1(C)C)C(=O)O. The zero-order valence-electron chi connectivity index (χ0n) is 14.1. The predicted octanol–water partition coefficient (Wildman–Crippen LogP) is 2.11. The van der Waals surface area contributed by atoms with E-state index in [0.717, 1.165) is 45.7 Å². The number of hydrogen-bond donors (Lipinski definition) is 2. The number of ether oxygens (including phenoxy) is 1. The third-order valence-corrected chi connectivity index (χ3v) is 4.57. The van der Waals surface area contributed by atoms with Crippen molar-refractivity contribution in [3.8, 4) is 0 Å². The third kappa shape index (κ3) is 4.94. The van der Waals surface area contributed by atoms with Crippen LogP contribution in [-0.2, 0) is 9.53 Å². The van der Waals surface area contributed by atoms with Gasteiger partial charge in [-0.2, -0.15) is 0 Å². The van der Waals surface area contributed by atoms with Crippen molar-refractivity contribution in [1.82, 2.24) is 10.2 Å². The van der Waals surface area contributed by atoms with Gasteiger partial charge in [-0.3, -0.25) is 9.69 Å². The number of carbonyl (C=O) groups is 1. The predicted molar refractivity (Wildman–Crippen MR) is 84.7 cm³/mol. The average molecular weight is 300 g/mol. The lowest BCUT2D eigenvalue weighted by Crippen LogP contribution is -2.55. The van der Waals surface area contributed by atoms with Gasteiger partial charge >= 0.3 is 5.97 Å². The average Bonchev–Trinajstić information content (AvgIpc) is 2.44. The van der Waals surface area contributed by atoms with Gasteiger partial charge in [0.2, 0.25) is 0 Å². The number of morpholine rings is 1. The van der Waals surface area contributed by atoms with Crippen LogP contribution in [0.4, 0.5) is 0 Å². The fraction of sp³-hybridized carbons (Fsp3) is 0.938. The summed E-state index contributed by atoms with van der Waals surface area (Å²) in [6.07, 6.45) is 3.13. The van der Waals surface area contributed by atoms with E-state index in [2.05, 4.69) is 31.0 Å². The van der Waals surface area contributed by atoms with Gasteiger partial charge in [-0.25, -0.2) is 0 Å². The lowest BCUT2D eigenvalue weighted by Gasteiger charge is -2.42. The molecule has 5 heteroatoms. The normalized spacial score (nSPS) is 21.9. The lowest BCUT2D eigenvalue weighted by molar-refractivity contribution is -0.145. The third-order valence-electron chi connectivity index (χ3n) is 4.57. The van der Waals surface area contributed by atoms with E-state index in [9.17, 15) is 9.90 Å². The van der Waals surface area contributed by atoms with Gasteiger partial charge in [0.25, 0.3) is 0 Å². The minimum atomic E-state index is -0.771. The van der Waals surface area contributed by atoms with Crippen LogP contribution in [0.25, 0.3) is 0 Å². The van der Waals surface area contributed by atoms with Crippen molar-refractivity contribution in [2.75, 3.05) is 32.8 Å². The zero-order valence-corrected chi connectivity index (χ0v) is 14.1. The van der Waals surface area contributed by atoms with E-state index in [4.69, 9.17) is 4.74 Å². The minimum absolute atomic E-state index is 0.0488. The highest BCUT2D eigenvalue weighted by atomic mass is 16.5. The molecule has 0 radical (unpaired) electrons. The maximum Gasteiger partial charge on any atom is 0.323 e. The number of carboxylic acid groups (broad SMARTS) is 1. The molecule has 0 saturated carbocycles. The highest BCUT2D eigenvalue weighted by molar-refractivity contribution is 5.78. The van der Waals surface area contributed by atoms with Crippen LogP contribution >= 0.6 is 0 Å². The van der Waals surface area contributed by atoms with Crippen LogP contribution in [0.2, 0.25) is 0 Å². The van der Waals surface area contributed by atoms with Gasteiger partial charge in [-0.1, -0.05) is 13.8 Å². The zero-order chi connectivity index (χ0) is 15.9. The molecule has 1 rings (SSSR count). The molecular weight excluding hydrogens is 268 g/mol. The Labute approximate surface area is 129 Å². The highest BCUT2D eigenvalue weighted by Gasteiger charge is 2.36. The molecule has 2 N–H and O–H groups in total. The van der Waals surface area contributed by atoms with E-state index in [0.29, 0.717) is 12.8 Å². The van der Waals surface area contributed by atoms with Gasteiger partial charge in [0.15, 0.2) is 0 Å². The van der Waals surface area contributed by atoms with Crippen molar-refractivity contribution in [2.24, 2.45) is 0 Å². The summed E-state index contributed by atoms with van der Waals surface area (Å²) in [6.45, 7) is 12.5. The first-order chi connectivity index (χ1) is 9.88. The molecule has 0 bridgehead atoms. The summed E-state index contributed by atoms with van der Waals surface area (Å²) in [5.41, 5.74) is -0.723. The summed E-state index contributed by atoms with van der Waals surface area (Å²) in [7, 11) is 0. The van der Waals surface area contributed by atoms with Crippen LogP contribution in [0.3, 0.4) is 0 Å². The molecule has 1 fully saturated rings. The van der Waals surface area contributed by atoms with Gasteiger partial charge in [-0.05, 0) is 52.6 Å². The molecule has 0 spiro atoms. The van der Waals surface area contributed by atoms with Crippen LogP contribution in [0.5, 0.6) is 0 Å². The number of carboxylic acids is 1. The molecule has 1 unspecified atom stereocenters. The second-order valence-electron chi connectivity index (χ2n) is 6.62. The number of rotatable bonds is 9. The van der Waals surface area contributed by atoms with Crippen LogP contribution < -0.4 is 5.32 Å². The molecule has 1 aliphatic heterocycles. The fourth-order valence-electron chi connectivity index (χ4n) is 2.97. The van der Waals surface area contributed by atoms with Crippen molar-refractivity contribution < 1.29 is 14.6 Å². The van der Waals surface area contributed by atoms with E-state index < -0.39 is 11.5 Å². The Hall–Kier alpha value is -0.650. The van der Waals surface area contributed by atoms with Crippen molar-refractivity contribution in [2.45, 2.75) is 64.5 Å². The van der Waals surface area contributed by atoms with Gasteiger partial charge in [0, 0.05) is 12.1 Å². The summed E-state index contributed by atoms with van der Waals surface area (Å²) in [6, 6.07) is 0. The molecule has 0 aromatic carbocycles. The summed E-state index contributed by atoms with van der Waals surface area (Å²) < 4.78 is 5.53. The molecule has 0 aliphatic carbocycles. The van der Waals surface area contributed by atoms with Gasteiger partial charge in [0.1, 0.15) is 5.54 Å². The van der Waals surface area contributed by atoms with E-state index in [1.807, 2.05) is 6.92 Å². The molecule has 0 aromatic rings. The first-order valence-corrected chi connectivity index (χ1v) is 8.19. The van der Waals surface area contributed by atoms with E-state index in [-0.39, 0.29) is 5.54 Å². The Morgan fingerprint density at radius 2 is 2.14 bits per heavy atom. The van der Waals surface area contributed by atoms with Crippen molar-refractivity contribution in [3.05, 3.63) is 0 Å². The van der Waals surface area contributed by atoms with E-state index in [1.165, 1.54) is 0 Å². The summed E-state index contributed by atoms with van der Waals surface area (Å²) in [5.74, 6) is -0.723. The quantitative estimate of drug-likeness (QED) is 0.683. The first kappa shape index (κ1) is 18.4. The van der Waals surface area contributed by atoms with Crippen LogP contribution in [-0.4, -0.2) is 59.9 Å². The second kappa shape index (κ2) is 8.11. The first-order valence-electron chi connectivity index (χ1n) is 8.19. The van der Waals surface area contributed by atoms with Gasteiger partial charge in [0.05, 0.1) is 13.2 Å². The number of hydrogen-bond acceptors (Lipinski definition) is 4. The second-order valence-corrected chi connectivity index (χ2v) is 6.62. The molecule has 1 saturated heterocycles. The molecule has 0 amide bonds. The number of nitrogens with zero attached hydrogens (tertiary/aromatic N) is 1. The van der Waals surface area contributed by atoms with Crippen LogP contribution in [0.1, 0.15) is 53.4 Å². The fourth-order valence-corrected chi connectivity index (χ4v) is 2.97. The summed E-state index contributed by atoms with van der Waals surface area (Å²) in [5, 5.41) is 12.8. The topological polar surface area (TPSA) is 61.8 Å². The van der Waals surface area contributed by atoms with Gasteiger partial charge in [-0.15, -0.1) is 0 Å². The summed E-state index contributed by atoms with van der Waals surface area (Å²) in [4.78, 5) is 14.1. The van der Waals surface area contributed by atoms with E-state index >= 15 is 0 Å². The van der Waals surface area contributed by atoms with E-state index in [1.54, 1.807) is 0 Å². The Kier molecular flexibility index (Phi) is 7.10. The molecule has 1 aliphatic rings. The molecule has 1 heterocycles. The molecule has 0 aromatic heterocycles. The smallest absolute Gasteiger partial charge is 0.323 e. The summed E-state index contributed by atoms with van der Waals surface area (Å²) >= 11 is 0. The van der Waals surface area contributed by atoms with Crippen molar-refractivity contribution in [1.29, 1.82) is 0 Å². The molecule has 5 nitrogen and oxygen atoms in total. The Morgan fingerprint density at radius 1 is 1.43 bits per heavy atom. The van der Waals surface area contributed by atoms with Crippen molar-refractivity contribution >= 4 is 5.97 Å². The minimum Gasteiger partial charge on any atom is -0.480 e. The monoisotopic (exact) mass is 300 g/mol. The Morgan fingerprint density at radius 3 is 2.67 bits per heavy atom. The molecule has 21 heavy (non-hydrogen) atoms. The Bertz CT molecular complexity index is 333. The largest absolute Gasteiger partial charge is 0.480 e. The Balaban J connectivity index is 2.54.